The Kier molecular flexibility index (Phi) is 4.25. The van der Waals surface area contributed by atoms with E-state index in [1.165, 1.54) is 12.1 Å². The molecule has 0 saturated carbocycles. The smallest absolute Gasteiger partial charge is 0.406 e. The van der Waals surface area contributed by atoms with Gasteiger partial charge in [-0.05, 0) is 52.4 Å². The Bertz CT molecular complexity index is 599. The Morgan fingerprint density at radius 2 is 1.68 bits per heavy atom. The zero-order valence-electron chi connectivity index (χ0n) is 9.34. The lowest BCUT2D eigenvalue weighted by Crippen LogP contribution is -2.17. The minimum Gasteiger partial charge on any atom is -0.406 e. The van der Waals surface area contributed by atoms with Gasteiger partial charge < -0.3 is 4.74 Å². The van der Waals surface area contributed by atoms with Crippen LogP contribution < -0.4 is 4.74 Å². The lowest BCUT2D eigenvalue weighted by molar-refractivity contribution is -0.274. The second-order valence-electron chi connectivity index (χ2n) is 3.67. The summed E-state index contributed by atoms with van der Waals surface area (Å²) in [6.45, 7) is 0. The second kappa shape index (κ2) is 5.58. The summed E-state index contributed by atoms with van der Waals surface area (Å²) in [6, 6.07) is 11.3. The summed E-state index contributed by atoms with van der Waals surface area (Å²) < 4.78 is 40.8. The molecule has 2 aromatic carbocycles. The van der Waals surface area contributed by atoms with Crippen molar-refractivity contribution < 1.29 is 17.9 Å². The van der Waals surface area contributed by atoms with Gasteiger partial charge in [0, 0.05) is 14.2 Å². The number of hydrogen-bond donors (Lipinski definition) is 0. The molecule has 0 aromatic heterocycles. The molecule has 0 saturated heterocycles. The number of ether oxygens (including phenoxy) is 1. The summed E-state index contributed by atoms with van der Waals surface area (Å²) in [5.74, 6) is -0.243. The Morgan fingerprint density at radius 1 is 1.00 bits per heavy atom. The normalized spacial score (nSPS) is 11.4. The average molecular weight is 399 g/mol. The van der Waals surface area contributed by atoms with Gasteiger partial charge in [0.15, 0.2) is 0 Å². The number of halogens is 5. The van der Waals surface area contributed by atoms with Crippen molar-refractivity contribution in [2.75, 3.05) is 0 Å². The van der Waals surface area contributed by atoms with Crippen LogP contribution in [0.15, 0.2) is 42.5 Å². The third kappa shape index (κ3) is 3.76. The Morgan fingerprint density at radius 3 is 2.26 bits per heavy atom. The quantitative estimate of drug-likeness (QED) is 0.606. The van der Waals surface area contributed by atoms with Crippen molar-refractivity contribution in [3.05, 3.63) is 51.1 Å². The van der Waals surface area contributed by atoms with Gasteiger partial charge in [0.25, 0.3) is 0 Å². The largest absolute Gasteiger partial charge is 0.573 e. The van der Waals surface area contributed by atoms with Crippen molar-refractivity contribution in [1.82, 2.24) is 0 Å². The highest BCUT2D eigenvalue weighted by Crippen LogP contribution is 2.34. The fourth-order valence-electron chi connectivity index (χ4n) is 1.59. The summed E-state index contributed by atoms with van der Waals surface area (Å²) >= 11 is 8.01. The molecule has 0 spiro atoms. The van der Waals surface area contributed by atoms with E-state index in [2.05, 4.69) is 4.74 Å². The molecule has 0 amide bonds. The third-order valence-electron chi connectivity index (χ3n) is 2.34. The van der Waals surface area contributed by atoms with Crippen LogP contribution in [0.4, 0.5) is 13.2 Å². The predicted octanol–water partition coefficient (Wildman–Crippen LogP) is 5.51. The van der Waals surface area contributed by atoms with Crippen LogP contribution in [-0.2, 0) is 0 Å². The molecule has 0 aliphatic rings. The van der Waals surface area contributed by atoms with E-state index < -0.39 is 6.36 Å². The highest BCUT2D eigenvalue weighted by atomic mass is 127. The molecular formula is C13H7ClF3IO. The lowest BCUT2D eigenvalue weighted by atomic mass is 10.1. The lowest BCUT2D eigenvalue weighted by Gasteiger charge is -2.11. The zero-order chi connectivity index (χ0) is 14.0. The molecule has 0 aliphatic carbocycles. The molecule has 0 heterocycles. The molecule has 0 aliphatic heterocycles. The molecule has 0 fully saturated rings. The molecule has 6 heteroatoms. The van der Waals surface area contributed by atoms with Crippen LogP contribution in [0.3, 0.4) is 0 Å². The standard InChI is InChI=1S/C13H7ClF3IO/c14-11-4-2-1-3-9(11)10-6-5-8(7-12(10)18)19-13(15,16)17/h1-7H. The molecule has 1 nitrogen and oxygen atoms in total. The van der Waals surface area contributed by atoms with Gasteiger partial charge in [0.05, 0.1) is 0 Å². The molecule has 19 heavy (non-hydrogen) atoms. The van der Waals surface area contributed by atoms with Crippen molar-refractivity contribution in [2.24, 2.45) is 0 Å². The summed E-state index contributed by atoms with van der Waals surface area (Å²) in [6.07, 6.45) is -4.69. The molecule has 0 unspecified atom stereocenters. The molecule has 2 rings (SSSR count). The van der Waals surface area contributed by atoms with E-state index in [-0.39, 0.29) is 5.75 Å². The van der Waals surface area contributed by atoms with Crippen LogP contribution in [-0.4, -0.2) is 6.36 Å². The first kappa shape index (κ1) is 14.5. The van der Waals surface area contributed by atoms with Crippen molar-refractivity contribution in [3.63, 3.8) is 0 Å². The number of rotatable bonds is 2. The molecule has 0 N–H and O–H groups in total. The molecule has 0 atom stereocenters. The first-order valence-electron chi connectivity index (χ1n) is 5.17. The van der Waals surface area contributed by atoms with Gasteiger partial charge in [-0.15, -0.1) is 13.2 Å². The Hall–Kier alpha value is -0.950. The number of hydrogen-bond acceptors (Lipinski definition) is 1. The highest BCUT2D eigenvalue weighted by Gasteiger charge is 2.31. The van der Waals surface area contributed by atoms with E-state index in [1.807, 2.05) is 34.7 Å². The van der Waals surface area contributed by atoms with E-state index >= 15 is 0 Å². The molecule has 2 aromatic rings. The Labute approximate surface area is 126 Å². The van der Waals surface area contributed by atoms with Crippen LogP contribution >= 0.6 is 34.2 Å². The SMILES string of the molecule is FC(F)(F)Oc1ccc(-c2ccccc2Cl)c(I)c1. The van der Waals surface area contributed by atoms with Gasteiger partial charge in [0.1, 0.15) is 5.75 Å². The third-order valence-corrected chi connectivity index (χ3v) is 3.56. The Balaban J connectivity index is 2.38. The van der Waals surface area contributed by atoms with Gasteiger partial charge in [-0.2, -0.15) is 0 Å². The van der Waals surface area contributed by atoms with E-state index in [0.717, 1.165) is 11.1 Å². The average Bonchev–Trinajstić information content (AvgIpc) is 2.28. The molecule has 0 radical (unpaired) electrons. The van der Waals surface area contributed by atoms with Crippen LogP contribution in [0.2, 0.25) is 5.02 Å². The van der Waals surface area contributed by atoms with Gasteiger partial charge in [-0.1, -0.05) is 29.8 Å². The fourth-order valence-corrected chi connectivity index (χ4v) is 2.61. The summed E-state index contributed by atoms with van der Waals surface area (Å²) in [5, 5.41) is 0.546. The van der Waals surface area contributed by atoms with E-state index in [4.69, 9.17) is 11.6 Å². The second-order valence-corrected chi connectivity index (χ2v) is 5.24. The number of alkyl halides is 3. The minimum atomic E-state index is -4.69. The van der Waals surface area contributed by atoms with Crippen molar-refractivity contribution >= 4 is 34.2 Å². The fraction of sp³-hybridized carbons (Fsp3) is 0.0769. The van der Waals surface area contributed by atoms with E-state index in [0.29, 0.717) is 8.59 Å². The van der Waals surface area contributed by atoms with Crippen LogP contribution in [0.5, 0.6) is 5.75 Å². The van der Waals surface area contributed by atoms with Crippen LogP contribution in [0, 0.1) is 3.57 Å². The molecule has 100 valence electrons. The predicted molar refractivity (Wildman–Crippen MR) is 76.3 cm³/mol. The summed E-state index contributed by atoms with van der Waals surface area (Å²) in [5.41, 5.74) is 1.54. The maximum absolute atomic E-state index is 12.1. The monoisotopic (exact) mass is 398 g/mol. The topological polar surface area (TPSA) is 9.23 Å². The van der Waals surface area contributed by atoms with Crippen molar-refractivity contribution in [3.8, 4) is 16.9 Å². The summed E-state index contributed by atoms with van der Waals surface area (Å²) in [7, 11) is 0. The van der Waals surface area contributed by atoms with Crippen molar-refractivity contribution in [1.29, 1.82) is 0 Å². The van der Waals surface area contributed by atoms with Gasteiger partial charge in [-0.3, -0.25) is 0 Å². The van der Waals surface area contributed by atoms with Crippen LogP contribution in [0.25, 0.3) is 11.1 Å². The van der Waals surface area contributed by atoms with Crippen LogP contribution in [0.1, 0.15) is 0 Å². The number of benzene rings is 2. The summed E-state index contributed by atoms with van der Waals surface area (Å²) in [4.78, 5) is 0. The first-order chi connectivity index (χ1) is 8.87. The molecule has 0 bridgehead atoms. The maximum Gasteiger partial charge on any atom is 0.573 e. The maximum atomic E-state index is 12.1. The first-order valence-corrected chi connectivity index (χ1v) is 6.63. The van der Waals surface area contributed by atoms with E-state index in [1.54, 1.807) is 18.2 Å². The van der Waals surface area contributed by atoms with Crippen molar-refractivity contribution in [2.45, 2.75) is 6.36 Å². The minimum absolute atomic E-state index is 0.243. The van der Waals surface area contributed by atoms with Gasteiger partial charge in [-0.25, -0.2) is 0 Å². The molecular weight excluding hydrogens is 391 g/mol. The van der Waals surface area contributed by atoms with E-state index in [9.17, 15) is 13.2 Å². The highest BCUT2D eigenvalue weighted by molar-refractivity contribution is 14.1. The van der Waals surface area contributed by atoms with Gasteiger partial charge >= 0.3 is 6.36 Å². The zero-order valence-corrected chi connectivity index (χ0v) is 12.3. The van der Waals surface area contributed by atoms with Gasteiger partial charge in [0.2, 0.25) is 0 Å².